The Morgan fingerprint density at radius 2 is 2.05 bits per heavy atom. The monoisotopic (exact) mass is 292 g/mol. The number of aromatic nitrogens is 1. The number of likely N-dealkylation sites (tertiary alicyclic amines) is 1. The maximum atomic E-state index is 4.85. The number of piperidine rings is 1. The van der Waals surface area contributed by atoms with E-state index in [9.17, 15) is 0 Å². The van der Waals surface area contributed by atoms with Crippen LogP contribution in [0.25, 0.3) is 11.3 Å². The van der Waals surface area contributed by atoms with Crippen molar-refractivity contribution in [3.05, 3.63) is 27.2 Å². The van der Waals surface area contributed by atoms with Crippen LogP contribution in [0.1, 0.15) is 37.6 Å². The quantitative estimate of drug-likeness (QED) is 0.830. The Hall–Kier alpha value is -0.710. The third-order valence-corrected chi connectivity index (χ3v) is 5.64. The first kappa shape index (κ1) is 13.3. The van der Waals surface area contributed by atoms with Crippen LogP contribution in [0.4, 0.5) is 0 Å². The lowest BCUT2D eigenvalue weighted by Gasteiger charge is -2.33. The average molecular weight is 292 g/mol. The van der Waals surface area contributed by atoms with Gasteiger partial charge in [0.2, 0.25) is 0 Å². The fourth-order valence-corrected chi connectivity index (χ4v) is 4.33. The van der Waals surface area contributed by atoms with Gasteiger partial charge in [-0.2, -0.15) is 11.3 Å². The normalized spacial score (nSPS) is 18.3. The summed E-state index contributed by atoms with van der Waals surface area (Å²) in [4.78, 5) is 7.43. The lowest BCUT2D eigenvalue weighted by atomic mass is 9.97. The molecule has 0 bridgehead atoms. The molecule has 1 aliphatic rings. The molecule has 0 N–H and O–H groups in total. The molecular weight excluding hydrogens is 272 g/mol. The maximum absolute atomic E-state index is 4.85. The molecule has 0 amide bonds. The molecule has 0 aliphatic carbocycles. The molecule has 19 heavy (non-hydrogen) atoms. The SMILES string of the molecule is CC(C)N1CCC(c2nc(-c3ccsc3)cs2)CC1. The Balaban J connectivity index is 1.68. The second-order valence-electron chi connectivity index (χ2n) is 5.49. The standard InChI is InChI=1S/C15H20N2S2/c1-11(2)17-6-3-12(4-7-17)15-16-14(10-19-15)13-5-8-18-9-13/h5,8-12H,3-4,6-7H2,1-2H3. The van der Waals surface area contributed by atoms with Crippen molar-refractivity contribution in [2.24, 2.45) is 0 Å². The van der Waals surface area contributed by atoms with E-state index >= 15 is 0 Å². The van der Waals surface area contributed by atoms with Gasteiger partial charge in [-0.1, -0.05) is 0 Å². The van der Waals surface area contributed by atoms with E-state index in [0.717, 1.165) is 5.69 Å². The summed E-state index contributed by atoms with van der Waals surface area (Å²) in [6.07, 6.45) is 2.52. The average Bonchev–Trinajstić information content (AvgIpc) is 3.10. The van der Waals surface area contributed by atoms with Gasteiger partial charge in [-0.25, -0.2) is 4.98 Å². The third-order valence-electron chi connectivity index (χ3n) is 3.95. The Morgan fingerprint density at radius 3 is 2.68 bits per heavy atom. The highest BCUT2D eigenvalue weighted by Crippen LogP contribution is 2.33. The van der Waals surface area contributed by atoms with Crippen molar-refractivity contribution in [2.75, 3.05) is 13.1 Å². The first-order valence-corrected chi connectivity index (χ1v) is 8.78. The van der Waals surface area contributed by atoms with Gasteiger partial charge in [0.15, 0.2) is 0 Å². The van der Waals surface area contributed by atoms with Crippen LogP contribution in [0.15, 0.2) is 22.2 Å². The van der Waals surface area contributed by atoms with Crippen LogP contribution in [-0.2, 0) is 0 Å². The highest BCUT2D eigenvalue weighted by molar-refractivity contribution is 7.10. The van der Waals surface area contributed by atoms with E-state index in [0.29, 0.717) is 12.0 Å². The lowest BCUT2D eigenvalue weighted by molar-refractivity contribution is 0.172. The van der Waals surface area contributed by atoms with Gasteiger partial charge in [-0.15, -0.1) is 11.3 Å². The predicted molar refractivity (Wildman–Crippen MR) is 84.1 cm³/mol. The molecule has 0 aromatic carbocycles. The summed E-state index contributed by atoms with van der Waals surface area (Å²) in [5, 5.41) is 7.85. The molecule has 2 aromatic heterocycles. The number of hydrogen-bond donors (Lipinski definition) is 0. The first-order valence-electron chi connectivity index (χ1n) is 6.96. The molecule has 1 saturated heterocycles. The molecule has 4 heteroatoms. The lowest BCUT2D eigenvalue weighted by Crippen LogP contribution is -2.37. The topological polar surface area (TPSA) is 16.1 Å². The Morgan fingerprint density at radius 1 is 1.26 bits per heavy atom. The zero-order valence-corrected chi connectivity index (χ0v) is 13.1. The van der Waals surface area contributed by atoms with E-state index in [-0.39, 0.29) is 0 Å². The number of nitrogens with zero attached hydrogens (tertiary/aromatic N) is 2. The van der Waals surface area contributed by atoms with Crippen LogP contribution in [0.2, 0.25) is 0 Å². The molecule has 0 atom stereocenters. The fraction of sp³-hybridized carbons (Fsp3) is 0.533. The summed E-state index contributed by atoms with van der Waals surface area (Å²) >= 11 is 3.58. The van der Waals surface area contributed by atoms with E-state index < -0.39 is 0 Å². The molecule has 0 saturated carbocycles. The van der Waals surface area contributed by atoms with E-state index in [1.165, 1.54) is 36.5 Å². The summed E-state index contributed by atoms with van der Waals surface area (Å²) in [6.45, 7) is 7.02. The minimum absolute atomic E-state index is 0.674. The summed E-state index contributed by atoms with van der Waals surface area (Å²) in [5.41, 5.74) is 2.43. The van der Waals surface area contributed by atoms with Gasteiger partial charge in [0, 0.05) is 28.3 Å². The smallest absolute Gasteiger partial charge is 0.0964 e. The van der Waals surface area contributed by atoms with Crippen molar-refractivity contribution in [3.63, 3.8) is 0 Å². The van der Waals surface area contributed by atoms with Gasteiger partial charge < -0.3 is 4.90 Å². The number of thiophene rings is 1. The number of hydrogen-bond acceptors (Lipinski definition) is 4. The predicted octanol–water partition coefficient (Wildman–Crippen LogP) is 4.46. The van der Waals surface area contributed by atoms with Gasteiger partial charge in [0.05, 0.1) is 10.7 Å². The summed E-state index contributed by atoms with van der Waals surface area (Å²) in [6, 6.07) is 2.84. The molecular formula is C15H20N2S2. The van der Waals surface area contributed by atoms with Crippen LogP contribution in [0, 0.1) is 0 Å². The molecule has 3 heterocycles. The molecule has 2 nitrogen and oxygen atoms in total. The van der Waals surface area contributed by atoms with Crippen molar-refractivity contribution in [1.82, 2.24) is 9.88 Å². The van der Waals surface area contributed by atoms with Crippen molar-refractivity contribution >= 4 is 22.7 Å². The Kier molecular flexibility index (Phi) is 4.01. The molecule has 0 unspecified atom stereocenters. The second kappa shape index (κ2) is 5.73. The Bertz CT molecular complexity index is 508. The van der Waals surface area contributed by atoms with Crippen LogP contribution in [0.3, 0.4) is 0 Å². The van der Waals surface area contributed by atoms with Gasteiger partial charge in [-0.3, -0.25) is 0 Å². The zero-order valence-electron chi connectivity index (χ0n) is 11.5. The highest BCUT2D eigenvalue weighted by atomic mass is 32.1. The molecule has 0 radical (unpaired) electrons. The second-order valence-corrected chi connectivity index (χ2v) is 7.16. The van der Waals surface area contributed by atoms with Crippen LogP contribution in [0.5, 0.6) is 0 Å². The molecule has 0 spiro atoms. The summed E-state index contributed by atoms with van der Waals surface area (Å²) < 4.78 is 0. The van der Waals surface area contributed by atoms with Crippen molar-refractivity contribution in [1.29, 1.82) is 0 Å². The Labute approximate surface area is 123 Å². The zero-order chi connectivity index (χ0) is 13.2. The third kappa shape index (κ3) is 2.91. The van der Waals surface area contributed by atoms with Crippen LogP contribution < -0.4 is 0 Å². The molecule has 2 aromatic rings. The van der Waals surface area contributed by atoms with Crippen LogP contribution in [-0.4, -0.2) is 29.0 Å². The fourth-order valence-electron chi connectivity index (χ4n) is 2.68. The first-order chi connectivity index (χ1) is 9.24. The molecule has 1 aliphatic heterocycles. The van der Waals surface area contributed by atoms with Crippen molar-refractivity contribution < 1.29 is 0 Å². The highest BCUT2D eigenvalue weighted by Gasteiger charge is 2.24. The van der Waals surface area contributed by atoms with Crippen molar-refractivity contribution in [3.8, 4) is 11.3 Å². The summed E-state index contributed by atoms with van der Waals surface area (Å²) in [7, 11) is 0. The molecule has 3 rings (SSSR count). The van der Waals surface area contributed by atoms with Gasteiger partial charge in [0.1, 0.15) is 0 Å². The van der Waals surface area contributed by atoms with E-state index in [1.807, 2.05) is 11.3 Å². The molecule has 102 valence electrons. The minimum atomic E-state index is 0.674. The van der Waals surface area contributed by atoms with E-state index in [4.69, 9.17) is 4.98 Å². The molecule has 1 fully saturated rings. The summed E-state index contributed by atoms with van der Waals surface area (Å²) in [5.74, 6) is 0.674. The largest absolute Gasteiger partial charge is 0.301 e. The number of rotatable bonds is 3. The van der Waals surface area contributed by atoms with E-state index in [2.05, 4.69) is 41.0 Å². The van der Waals surface area contributed by atoms with Gasteiger partial charge >= 0.3 is 0 Å². The minimum Gasteiger partial charge on any atom is -0.301 e. The number of thiazole rings is 1. The maximum Gasteiger partial charge on any atom is 0.0964 e. The van der Waals surface area contributed by atoms with Crippen LogP contribution >= 0.6 is 22.7 Å². The van der Waals surface area contributed by atoms with E-state index in [1.54, 1.807) is 11.3 Å². The van der Waals surface area contributed by atoms with Gasteiger partial charge in [0.25, 0.3) is 0 Å². The van der Waals surface area contributed by atoms with Crippen molar-refractivity contribution in [2.45, 2.75) is 38.6 Å². The van der Waals surface area contributed by atoms with Gasteiger partial charge in [-0.05, 0) is 51.2 Å².